The fourth-order valence-corrected chi connectivity index (χ4v) is 3.71. The monoisotopic (exact) mass is 421 g/mol. The lowest BCUT2D eigenvalue weighted by Crippen LogP contribution is -2.38. The fraction of sp³-hybridized carbons (Fsp3) is 0.450. The Morgan fingerprint density at radius 1 is 1.29 bits per heavy atom. The van der Waals surface area contributed by atoms with Crippen molar-refractivity contribution in [3.05, 3.63) is 46.9 Å². The molecule has 2 aromatic rings. The summed E-state index contributed by atoms with van der Waals surface area (Å²) in [7, 11) is 0. The molecule has 0 aliphatic carbocycles. The van der Waals surface area contributed by atoms with Gasteiger partial charge >= 0.3 is 0 Å². The number of hydrogen-bond donors (Lipinski definition) is 2. The van der Waals surface area contributed by atoms with E-state index in [-0.39, 0.29) is 5.82 Å². The molecular formula is C20H25ClFN5S. The van der Waals surface area contributed by atoms with Crippen LogP contribution in [0.25, 0.3) is 0 Å². The predicted octanol–water partition coefficient (Wildman–Crippen LogP) is 4.57. The van der Waals surface area contributed by atoms with E-state index in [1.807, 2.05) is 0 Å². The van der Waals surface area contributed by atoms with E-state index in [4.69, 9.17) is 23.8 Å². The highest BCUT2D eigenvalue weighted by Gasteiger charge is 2.20. The maximum absolute atomic E-state index is 12.9. The second-order valence-electron chi connectivity index (χ2n) is 7.02. The number of nitrogens with zero attached hydrogens (tertiary/aromatic N) is 3. The number of halogens is 2. The third-order valence-electron chi connectivity index (χ3n) is 4.84. The van der Waals surface area contributed by atoms with Crippen LogP contribution >= 0.6 is 23.8 Å². The molecule has 1 fully saturated rings. The summed E-state index contributed by atoms with van der Waals surface area (Å²) < 4.78 is 12.9. The van der Waals surface area contributed by atoms with E-state index in [0.717, 1.165) is 43.6 Å². The quantitative estimate of drug-likeness (QED) is 0.405. The molecule has 28 heavy (non-hydrogen) atoms. The highest BCUT2D eigenvalue weighted by atomic mass is 35.5. The molecule has 0 amide bonds. The Bertz CT molecular complexity index is 802. The second kappa shape index (κ2) is 9.98. The molecule has 8 heteroatoms. The first kappa shape index (κ1) is 20.7. The van der Waals surface area contributed by atoms with Crippen molar-refractivity contribution >= 4 is 40.7 Å². The molecule has 2 N–H and O–H groups in total. The SMILES string of the molecule is CC1CCCCN1c1cc(Cl)nc(NC(=S)NCCCc2ccc(F)cc2)n1. The van der Waals surface area contributed by atoms with Gasteiger partial charge in [0, 0.05) is 25.2 Å². The molecule has 1 aliphatic rings. The molecule has 1 saturated heterocycles. The van der Waals surface area contributed by atoms with Crippen molar-refractivity contribution in [2.24, 2.45) is 0 Å². The van der Waals surface area contributed by atoms with Crippen LogP contribution in [0.2, 0.25) is 5.15 Å². The van der Waals surface area contributed by atoms with E-state index in [1.54, 1.807) is 18.2 Å². The molecule has 0 spiro atoms. The Morgan fingerprint density at radius 2 is 2.07 bits per heavy atom. The van der Waals surface area contributed by atoms with Crippen molar-refractivity contribution in [1.82, 2.24) is 15.3 Å². The number of rotatable bonds is 6. The number of piperidine rings is 1. The molecule has 1 aromatic heterocycles. The van der Waals surface area contributed by atoms with E-state index in [1.165, 1.54) is 18.6 Å². The molecule has 1 aromatic carbocycles. The molecule has 3 rings (SSSR count). The van der Waals surface area contributed by atoms with Crippen LogP contribution in [0, 0.1) is 5.82 Å². The number of benzene rings is 1. The van der Waals surface area contributed by atoms with E-state index >= 15 is 0 Å². The zero-order valence-corrected chi connectivity index (χ0v) is 17.5. The normalized spacial score (nSPS) is 16.7. The van der Waals surface area contributed by atoms with E-state index < -0.39 is 0 Å². The summed E-state index contributed by atoms with van der Waals surface area (Å²) in [6, 6.07) is 8.79. The molecule has 2 heterocycles. The van der Waals surface area contributed by atoms with Gasteiger partial charge in [0.05, 0.1) is 0 Å². The number of aryl methyl sites for hydroxylation is 1. The molecule has 1 unspecified atom stereocenters. The van der Waals surface area contributed by atoms with Gasteiger partial charge in [-0.15, -0.1) is 0 Å². The zero-order valence-electron chi connectivity index (χ0n) is 15.9. The molecule has 0 radical (unpaired) electrons. The van der Waals surface area contributed by atoms with Gasteiger partial charge in [-0.3, -0.25) is 0 Å². The minimum Gasteiger partial charge on any atom is -0.362 e. The lowest BCUT2D eigenvalue weighted by atomic mass is 10.0. The Balaban J connectivity index is 1.50. The third-order valence-corrected chi connectivity index (χ3v) is 5.29. The van der Waals surface area contributed by atoms with Crippen LogP contribution in [-0.4, -0.2) is 34.2 Å². The maximum Gasteiger partial charge on any atom is 0.232 e. The number of aromatic nitrogens is 2. The van der Waals surface area contributed by atoms with Gasteiger partial charge < -0.3 is 15.5 Å². The highest BCUT2D eigenvalue weighted by Crippen LogP contribution is 2.25. The number of thiocarbonyl (C=S) groups is 1. The first-order valence-corrected chi connectivity index (χ1v) is 10.4. The van der Waals surface area contributed by atoms with Crippen molar-refractivity contribution in [2.75, 3.05) is 23.3 Å². The summed E-state index contributed by atoms with van der Waals surface area (Å²) in [6.07, 6.45) is 5.27. The Kier molecular flexibility index (Phi) is 7.39. The van der Waals surface area contributed by atoms with E-state index in [9.17, 15) is 4.39 Å². The van der Waals surface area contributed by atoms with Crippen molar-refractivity contribution in [3.63, 3.8) is 0 Å². The Labute approximate surface area is 175 Å². The minimum atomic E-state index is -0.216. The number of nitrogens with one attached hydrogen (secondary N) is 2. The first-order chi connectivity index (χ1) is 13.5. The molecule has 1 atom stereocenters. The average Bonchev–Trinajstić information content (AvgIpc) is 2.66. The number of anilines is 2. The summed E-state index contributed by atoms with van der Waals surface area (Å²) in [5.74, 6) is 1.01. The van der Waals surface area contributed by atoms with E-state index in [2.05, 4.69) is 32.4 Å². The lowest BCUT2D eigenvalue weighted by molar-refractivity contribution is 0.481. The van der Waals surface area contributed by atoms with Gasteiger partial charge in [0.1, 0.15) is 16.8 Å². The van der Waals surface area contributed by atoms with Crippen molar-refractivity contribution in [3.8, 4) is 0 Å². The largest absolute Gasteiger partial charge is 0.362 e. The maximum atomic E-state index is 12.9. The van der Waals surface area contributed by atoms with Gasteiger partial charge in [0.25, 0.3) is 0 Å². The smallest absolute Gasteiger partial charge is 0.232 e. The van der Waals surface area contributed by atoms with Gasteiger partial charge in [0.2, 0.25) is 5.95 Å². The Hall–Kier alpha value is -1.99. The van der Waals surface area contributed by atoms with Gasteiger partial charge in [-0.25, -0.2) is 9.37 Å². The van der Waals surface area contributed by atoms with E-state index in [0.29, 0.717) is 28.8 Å². The minimum absolute atomic E-state index is 0.216. The molecule has 1 aliphatic heterocycles. The third kappa shape index (κ3) is 6.01. The lowest BCUT2D eigenvalue weighted by Gasteiger charge is -2.34. The van der Waals surface area contributed by atoms with Gasteiger partial charge in [-0.2, -0.15) is 4.98 Å². The van der Waals surface area contributed by atoms with Crippen LogP contribution in [-0.2, 0) is 6.42 Å². The van der Waals surface area contributed by atoms with Crippen LogP contribution in [0.5, 0.6) is 0 Å². The molecular weight excluding hydrogens is 397 g/mol. The molecule has 0 saturated carbocycles. The summed E-state index contributed by atoms with van der Waals surface area (Å²) in [5.41, 5.74) is 1.10. The van der Waals surface area contributed by atoms with Gasteiger partial charge in [0.15, 0.2) is 5.11 Å². The molecule has 5 nitrogen and oxygen atoms in total. The summed E-state index contributed by atoms with van der Waals surface area (Å²) in [4.78, 5) is 11.1. The zero-order chi connectivity index (χ0) is 19.9. The average molecular weight is 422 g/mol. The van der Waals surface area contributed by atoms with Crippen LogP contribution in [0.15, 0.2) is 30.3 Å². The van der Waals surface area contributed by atoms with Crippen molar-refractivity contribution in [2.45, 2.75) is 45.1 Å². The summed E-state index contributed by atoms with van der Waals surface area (Å²) in [6.45, 7) is 3.87. The van der Waals surface area contributed by atoms with Gasteiger partial charge in [-0.1, -0.05) is 23.7 Å². The summed E-state index contributed by atoms with van der Waals surface area (Å²) in [5, 5.41) is 7.02. The van der Waals surface area contributed by atoms with Gasteiger partial charge in [-0.05, 0) is 68.9 Å². The highest BCUT2D eigenvalue weighted by molar-refractivity contribution is 7.80. The summed E-state index contributed by atoms with van der Waals surface area (Å²) >= 11 is 11.5. The second-order valence-corrected chi connectivity index (χ2v) is 7.82. The van der Waals surface area contributed by atoms with Crippen molar-refractivity contribution in [1.29, 1.82) is 0 Å². The Morgan fingerprint density at radius 3 is 2.82 bits per heavy atom. The standard InChI is InChI=1S/C20H25ClFN5S/c1-14-5-2-3-12-27(14)18-13-17(21)24-19(25-18)26-20(28)23-11-4-6-15-7-9-16(22)10-8-15/h7-10,13-14H,2-6,11-12H2,1H3,(H2,23,24,25,26,28). The molecule has 150 valence electrons. The predicted molar refractivity (Wildman–Crippen MR) is 117 cm³/mol. The first-order valence-electron chi connectivity index (χ1n) is 9.62. The van der Waals surface area contributed by atoms with Crippen LogP contribution in [0.1, 0.15) is 38.2 Å². The molecule has 0 bridgehead atoms. The van der Waals surface area contributed by atoms with Crippen molar-refractivity contribution < 1.29 is 4.39 Å². The topological polar surface area (TPSA) is 53.1 Å². The van der Waals surface area contributed by atoms with Crippen LogP contribution < -0.4 is 15.5 Å². The fourth-order valence-electron chi connectivity index (χ4n) is 3.34. The van der Waals surface area contributed by atoms with Crippen LogP contribution in [0.3, 0.4) is 0 Å². The van der Waals surface area contributed by atoms with Crippen LogP contribution in [0.4, 0.5) is 16.2 Å². The number of hydrogen-bond acceptors (Lipinski definition) is 4.